The Morgan fingerprint density at radius 2 is 2.28 bits per heavy atom. The summed E-state index contributed by atoms with van der Waals surface area (Å²) in [5, 5.41) is 12.8. The minimum Gasteiger partial charge on any atom is -0.491 e. The summed E-state index contributed by atoms with van der Waals surface area (Å²) in [6.07, 6.45) is 5.64. The molecule has 0 aliphatic carbocycles. The number of terminal acetylenes is 1. The summed E-state index contributed by atoms with van der Waals surface area (Å²) in [6, 6.07) is 7.86. The van der Waals surface area contributed by atoms with Gasteiger partial charge in [-0.1, -0.05) is 25.0 Å². The van der Waals surface area contributed by atoms with E-state index < -0.39 is 6.10 Å². The third kappa shape index (κ3) is 5.22. The molecule has 2 atom stereocenters. The summed E-state index contributed by atoms with van der Waals surface area (Å²) < 4.78 is 5.53. The highest BCUT2D eigenvalue weighted by Gasteiger charge is 2.06. The number of benzene rings is 1. The lowest BCUT2D eigenvalue weighted by atomic mass is 10.2. The minimum atomic E-state index is -0.564. The number of aryl methyl sites for hydroxylation is 1. The Morgan fingerprint density at radius 1 is 1.50 bits per heavy atom. The van der Waals surface area contributed by atoms with Gasteiger partial charge in [-0.3, -0.25) is 0 Å². The van der Waals surface area contributed by atoms with Crippen LogP contribution in [0.25, 0.3) is 0 Å². The lowest BCUT2D eigenvalue weighted by molar-refractivity contribution is 0.105. The van der Waals surface area contributed by atoms with E-state index in [1.54, 1.807) is 0 Å². The van der Waals surface area contributed by atoms with Crippen molar-refractivity contribution in [1.29, 1.82) is 0 Å². The van der Waals surface area contributed by atoms with Gasteiger partial charge in [-0.15, -0.1) is 6.42 Å². The molecule has 1 rings (SSSR count). The van der Waals surface area contributed by atoms with E-state index in [4.69, 9.17) is 11.2 Å². The first kappa shape index (κ1) is 14.6. The molecule has 0 amide bonds. The number of ether oxygens (including phenoxy) is 1. The third-order valence-corrected chi connectivity index (χ3v) is 2.66. The molecule has 3 nitrogen and oxygen atoms in total. The van der Waals surface area contributed by atoms with Gasteiger partial charge >= 0.3 is 0 Å². The Morgan fingerprint density at radius 3 is 2.94 bits per heavy atom. The van der Waals surface area contributed by atoms with Gasteiger partial charge in [-0.2, -0.15) is 0 Å². The minimum absolute atomic E-state index is 0.0388. The topological polar surface area (TPSA) is 41.5 Å². The van der Waals surface area contributed by atoms with Crippen LogP contribution in [-0.2, 0) is 6.42 Å². The zero-order valence-corrected chi connectivity index (χ0v) is 11.0. The summed E-state index contributed by atoms with van der Waals surface area (Å²) in [7, 11) is 0. The van der Waals surface area contributed by atoms with Crippen LogP contribution in [0, 0.1) is 12.3 Å². The van der Waals surface area contributed by atoms with Gasteiger partial charge in [0.1, 0.15) is 18.5 Å². The van der Waals surface area contributed by atoms with E-state index in [0.717, 1.165) is 12.2 Å². The number of aliphatic hydroxyl groups excluding tert-OH is 1. The van der Waals surface area contributed by atoms with Crippen molar-refractivity contribution in [2.24, 2.45) is 0 Å². The number of hydrogen-bond donors (Lipinski definition) is 2. The maximum atomic E-state index is 9.73. The van der Waals surface area contributed by atoms with E-state index in [0.29, 0.717) is 6.54 Å². The molecular formula is C15H21NO2. The molecule has 0 aromatic heterocycles. The number of aliphatic hydroxyl groups is 1. The van der Waals surface area contributed by atoms with E-state index in [2.05, 4.69) is 24.2 Å². The molecule has 0 radical (unpaired) electrons. The van der Waals surface area contributed by atoms with Gasteiger partial charge in [0.05, 0.1) is 6.04 Å². The first-order chi connectivity index (χ1) is 8.65. The second-order valence-corrected chi connectivity index (χ2v) is 4.26. The molecule has 98 valence electrons. The van der Waals surface area contributed by atoms with Crippen LogP contribution in [0.15, 0.2) is 24.3 Å². The molecule has 18 heavy (non-hydrogen) atoms. The van der Waals surface area contributed by atoms with Crippen molar-refractivity contribution < 1.29 is 9.84 Å². The second kappa shape index (κ2) is 7.75. The molecule has 0 aliphatic heterocycles. The van der Waals surface area contributed by atoms with Gasteiger partial charge in [0.25, 0.3) is 0 Å². The van der Waals surface area contributed by atoms with Crippen molar-refractivity contribution in [1.82, 2.24) is 5.32 Å². The maximum Gasteiger partial charge on any atom is 0.119 e. The van der Waals surface area contributed by atoms with Gasteiger partial charge < -0.3 is 15.2 Å². The van der Waals surface area contributed by atoms with Crippen molar-refractivity contribution in [3.63, 3.8) is 0 Å². The fraction of sp³-hybridized carbons (Fsp3) is 0.467. The molecule has 0 heterocycles. The predicted molar refractivity (Wildman–Crippen MR) is 73.6 cm³/mol. The van der Waals surface area contributed by atoms with Crippen LogP contribution < -0.4 is 10.1 Å². The molecule has 3 heteroatoms. The first-order valence-corrected chi connectivity index (χ1v) is 6.25. The smallest absolute Gasteiger partial charge is 0.119 e. The second-order valence-electron chi connectivity index (χ2n) is 4.26. The Hall–Kier alpha value is -1.50. The summed E-state index contributed by atoms with van der Waals surface area (Å²) in [5.41, 5.74) is 1.22. The van der Waals surface area contributed by atoms with Crippen molar-refractivity contribution in [2.45, 2.75) is 32.4 Å². The Labute approximate surface area is 109 Å². The Balaban J connectivity index is 2.33. The highest BCUT2D eigenvalue weighted by Crippen LogP contribution is 2.13. The fourth-order valence-electron chi connectivity index (χ4n) is 1.48. The zero-order chi connectivity index (χ0) is 13.4. The van der Waals surface area contributed by atoms with Crippen LogP contribution >= 0.6 is 0 Å². The normalized spacial score (nSPS) is 13.7. The summed E-state index contributed by atoms with van der Waals surface area (Å²) in [4.78, 5) is 0. The monoisotopic (exact) mass is 247 g/mol. The van der Waals surface area contributed by atoms with Crippen molar-refractivity contribution >= 4 is 0 Å². The molecule has 2 unspecified atom stereocenters. The van der Waals surface area contributed by atoms with Gasteiger partial charge in [0, 0.05) is 6.54 Å². The van der Waals surface area contributed by atoms with Gasteiger partial charge in [-0.25, -0.2) is 0 Å². The molecule has 0 spiro atoms. The molecular weight excluding hydrogens is 226 g/mol. The van der Waals surface area contributed by atoms with Crippen LogP contribution in [0.1, 0.15) is 19.4 Å². The van der Waals surface area contributed by atoms with Crippen LogP contribution in [0.3, 0.4) is 0 Å². The highest BCUT2D eigenvalue weighted by atomic mass is 16.5. The first-order valence-electron chi connectivity index (χ1n) is 6.25. The maximum absolute atomic E-state index is 9.73. The van der Waals surface area contributed by atoms with E-state index >= 15 is 0 Å². The quantitative estimate of drug-likeness (QED) is 0.719. The molecule has 0 saturated carbocycles. The van der Waals surface area contributed by atoms with Crippen molar-refractivity contribution in [3.8, 4) is 18.1 Å². The number of rotatable bonds is 7. The van der Waals surface area contributed by atoms with E-state index in [9.17, 15) is 5.11 Å². The fourth-order valence-corrected chi connectivity index (χ4v) is 1.48. The van der Waals surface area contributed by atoms with Crippen LogP contribution in [0.4, 0.5) is 0 Å². The molecule has 0 aliphatic rings. The number of hydrogen-bond acceptors (Lipinski definition) is 3. The van der Waals surface area contributed by atoms with Crippen LogP contribution in [0.5, 0.6) is 5.75 Å². The average molecular weight is 247 g/mol. The molecule has 2 N–H and O–H groups in total. The largest absolute Gasteiger partial charge is 0.491 e. The highest BCUT2D eigenvalue weighted by molar-refractivity contribution is 5.28. The Bertz CT molecular complexity index is 398. The molecule has 1 aromatic rings. The Kier molecular flexibility index (Phi) is 6.27. The van der Waals surface area contributed by atoms with Crippen molar-refractivity contribution in [2.75, 3.05) is 13.2 Å². The zero-order valence-electron chi connectivity index (χ0n) is 11.0. The van der Waals surface area contributed by atoms with E-state index in [1.807, 2.05) is 25.1 Å². The number of nitrogens with one attached hydrogen (secondary N) is 1. The molecule has 0 saturated heterocycles. The predicted octanol–water partition coefficient (Wildman–Crippen LogP) is 1.60. The van der Waals surface area contributed by atoms with Crippen LogP contribution in [-0.4, -0.2) is 30.4 Å². The lowest BCUT2D eigenvalue weighted by Gasteiger charge is -2.15. The van der Waals surface area contributed by atoms with Gasteiger partial charge in [-0.05, 0) is 31.0 Å². The average Bonchev–Trinajstić information content (AvgIpc) is 2.42. The summed E-state index contributed by atoms with van der Waals surface area (Å²) in [5.74, 6) is 3.34. The lowest BCUT2D eigenvalue weighted by Crippen LogP contribution is -2.35. The molecule has 1 aromatic carbocycles. The SMILES string of the molecule is C#CC(C)NCC(O)COc1cccc(CC)c1. The van der Waals surface area contributed by atoms with Crippen LogP contribution in [0.2, 0.25) is 0 Å². The van der Waals surface area contributed by atoms with Gasteiger partial charge in [0.2, 0.25) is 0 Å². The van der Waals surface area contributed by atoms with E-state index in [-0.39, 0.29) is 12.6 Å². The third-order valence-electron chi connectivity index (χ3n) is 2.66. The standard InChI is InChI=1S/C15H21NO2/c1-4-12(3)16-10-14(17)11-18-15-8-6-7-13(5-2)9-15/h1,6-9,12,14,16-17H,5,10-11H2,2-3H3. The van der Waals surface area contributed by atoms with E-state index in [1.165, 1.54) is 5.56 Å². The summed E-state index contributed by atoms with van der Waals surface area (Å²) in [6.45, 7) is 4.66. The van der Waals surface area contributed by atoms with Crippen molar-refractivity contribution in [3.05, 3.63) is 29.8 Å². The summed E-state index contributed by atoms with van der Waals surface area (Å²) >= 11 is 0. The molecule has 0 fully saturated rings. The molecule has 0 bridgehead atoms. The van der Waals surface area contributed by atoms with Gasteiger partial charge in [0.15, 0.2) is 0 Å².